The summed E-state index contributed by atoms with van der Waals surface area (Å²) in [6.45, 7) is 5.40. The highest BCUT2D eigenvalue weighted by molar-refractivity contribution is 7.13. The van der Waals surface area contributed by atoms with Gasteiger partial charge in [-0.25, -0.2) is 0 Å². The van der Waals surface area contributed by atoms with Crippen molar-refractivity contribution in [3.63, 3.8) is 0 Å². The second-order valence-corrected chi connectivity index (χ2v) is 6.76. The summed E-state index contributed by atoms with van der Waals surface area (Å²) in [5.41, 5.74) is 1.51. The van der Waals surface area contributed by atoms with Crippen LogP contribution >= 0.6 is 11.3 Å². The average molecular weight is 268 g/mol. The van der Waals surface area contributed by atoms with Crippen molar-refractivity contribution in [1.82, 2.24) is 5.32 Å². The molecule has 4 nitrogen and oxygen atoms in total. The Kier molecular flexibility index (Phi) is 4.02. The molecule has 18 heavy (non-hydrogen) atoms. The normalized spacial score (nSPS) is 19.9. The van der Waals surface area contributed by atoms with E-state index in [-0.39, 0.29) is 9.92 Å². The number of thiophene rings is 1. The van der Waals surface area contributed by atoms with Crippen LogP contribution < -0.4 is 5.32 Å². The third-order valence-corrected chi connectivity index (χ3v) is 4.68. The van der Waals surface area contributed by atoms with E-state index in [0.717, 1.165) is 12.1 Å². The van der Waals surface area contributed by atoms with Crippen molar-refractivity contribution in [2.24, 2.45) is 5.41 Å². The highest BCUT2D eigenvalue weighted by Crippen LogP contribution is 2.35. The Morgan fingerprint density at radius 2 is 2.17 bits per heavy atom. The second-order valence-electron chi connectivity index (χ2n) is 5.87. The summed E-state index contributed by atoms with van der Waals surface area (Å²) in [6, 6.07) is 2.24. The Balaban J connectivity index is 1.79. The molecule has 0 bridgehead atoms. The van der Waals surface area contributed by atoms with Gasteiger partial charge in [0.15, 0.2) is 0 Å². The lowest BCUT2D eigenvalue weighted by Crippen LogP contribution is -2.35. The molecule has 100 valence electrons. The SMILES string of the molecule is CC1(C)CCC(NCc2csc([N+](=O)[O-])c2)CC1. The van der Waals surface area contributed by atoms with E-state index in [1.165, 1.54) is 37.0 Å². The van der Waals surface area contributed by atoms with Gasteiger partial charge in [0, 0.05) is 24.0 Å². The first-order valence-electron chi connectivity index (χ1n) is 6.41. The topological polar surface area (TPSA) is 55.2 Å². The predicted molar refractivity (Wildman–Crippen MR) is 73.9 cm³/mol. The molecule has 1 N–H and O–H groups in total. The first kappa shape index (κ1) is 13.5. The lowest BCUT2D eigenvalue weighted by Gasteiger charge is -2.34. The lowest BCUT2D eigenvalue weighted by atomic mass is 9.75. The van der Waals surface area contributed by atoms with E-state index in [4.69, 9.17) is 0 Å². The second kappa shape index (κ2) is 5.36. The van der Waals surface area contributed by atoms with Gasteiger partial charge in [0.25, 0.3) is 0 Å². The van der Waals surface area contributed by atoms with Gasteiger partial charge in [0.2, 0.25) is 0 Å². The van der Waals surface area contributed by atoms with Crippen LogP contribution in [0, 0.1) is 15.5 Å². The van der Waals surface area contributed by atoms with E-state index in [1.807, 2.05) is 5.38 Å². The minimum absolute atomic E-state index is 0.233. The first-order chi connectivity index (χ1) is 8.46. The number of hydrogen-bond donors (Lipinski definition) is 1. The Labute approximate surface area is 112 Å². The van der Waals surface area contributed by atoms with Gasteiger partial charge in [0.1, 0.15) is 0 Å². The van der Waals surface area contributed by atoms with Crippen LogP contribution in [0.25, 0.3) is 0 Å². The number of nitro groups is 1. The molecule has 1 aromatic rings. The van der Waals surface area contributed by atoms with Crippen LogP contribution in [0.5, 0.6) is 0 Å². The van der Waals surface area contributed by atoms with Gasteiger partial charge < -0.3 is 5.32 Å². The lowest BCUT2D eigenvalue weighted by molar-refractivity contribution is -0.380. The average Bonchev–Trinajstić information content (AvgIpc) is 2.76. The van der Waals surface area contributed by atoms with Crippen LogP contribution in [-0.2, 0) is 6.54 Å². The molecule has 1 aromatic heterocycles. The fourth-order valence-corrected chi connectivity index (χ4v) is 3.15. The van der Waals surface area contributed by atoms with E-state index >= 15 is 0 Å². The van der Waals surface area contributed by atoms with Crippen molar-refractivity contribution in [1.29, 1.82) is 0 Å². The van der Waals surface area contributed by atoms with E-state index in [1.54, 1.807) is 6.07 Å². The standard InChI is InChI=1S/C13H20N2O2S/c1-13(2)5-3-11(4-6-13)14-8-10-7-12(15(16)17)18-9-10/h7,9,11,14H,3-6,8H2,1-2H3. The Hall–Kier alpha value is -0.940. The third-order valence-electron chi connectivity index (χ3n) is 3.75. The van der Waals surface area contributed by atoms with Crippen molar-refractivity contribution in [2.45, 2.75) is 52.1 Å². The molecule has 0 aromatic carbocycles. The summed E-state index contributed by atoms with van der Waals surface area (Å²) >= 11 is 1.20. The molecule has 0 atom stereocenters. The van der Waals surface area contributed by atoms with Crippen LogP contribution in [0.3, 0.4) is 0 Å². The number of hydrogen-bond acceptors (Lipinski definition) is 4. The van der Waals surface area contributed by atoms with E-state index < -0.39 is 0 Å². The van der Waals surface area contributed by atoms with Crippen molar-refractivity contribution >= 4 is 16.3 Å². The zero-order valence-electron chi connectivity index (χ0n) is 10.9. The number of nitrogens with one attached hydrogen (secondary N) is 1. The quantitative estimate of drug-likeness (QED) is 0.669. The Morgan fingerprint density at radius 3 is 2.72 bits per heavy atom. The van der Waals surface area contributed by atoms with Gasteiger partial charge in [-0.2, -0.15) is 0 Å². The van der Waals surface area contributed by atoms with Crippen molar-refractivity contribution in [2.75, 3.05) is 0 Å². The molecule has 1 heterocycles. The maximum atomic E-state index is 10.6. The Morgan fingerprint density at radius 1 is 1.50 bits per heavy atom. The zero-order valence-corrected chi connectivity index (χ0v) is 11.8. The molecule has 1 aliphatic carbocycles. The van der Waals surface area contributed by atoms with Gasteiger partial charge in [-0.1, -0.05) is 25.2 Å². The monoisotopic (exact) mass is 268 g/mol. The van der Waals surface area contributed by atoms with Crippen LogP contribution in [-0.4, -0.2) is 11.0 Å². The fourth-order valence-electron chi connectivity index (χ4n) is 2.42. The molecule has 0 saturated heterocycles. The maximum Gasteiger partial charge on any atom is 0.324 e. The van der Waals surface area contributed by atoms with Crippen LogP contribution in [0.1, 0.15) is 45.1 Å². The molecular weight excluding hydrogens is 248 g/mol. The molecular formula is C13H20N2O2S. The first-order valence-corrected chi connectivity index (χ1v) is 7.29. The highest BCUT2D eigenvalue weighted by atomic mass is 32.1. The summed E-state index contributed by atoms with van der Waals surface area (Å²) in [5.74, 6) is 0. The maximum absolute atomic E-state index is 10.6. The van der Waals surface area contributed by atoms with Crippen molar-refractivity contribution in [3.8, 4) is 0 Å². The van der Waals surface area contributed by atoms with Crippen molar-refractivity contribution < 1.29 is 4.92 Å². The molecule has 5 heteroatoms. The molecule has 2 rings (SSSR count). The van der Waals surface area contributed by atoms with Gasteiger partial charge in [0.05, 0.1) is 4.92 Å². The number of rotatable bonds is 4. The van der Waals surface area contributed by atoms with Crippen LogP contribution in [0.15, 0.2) is 11.4 Å². The van der Waals surface area contributed by atoms with Crippen LogP contribution in [0.2, 0.25) is 0 Å². The molecule has 0 spiro atoms. The smallest absolute Gasteiger partial charge is 0.310 e. The molecule has 0 aliphatic heterocycles. The number of nitrogens with zero attached hydrogens (tertiary/aromatic N) is 1. The summed E-state index contributed by atoms with van der Waals surface area (Å²) in [7, 11) is 0. The molecule has 1 saturated carbocycles. The van der Waals surface area contributed by atoms with Gasteiger partial charge in [-0.15, -0.1) is 0 Å². The fraction of sp³-hybridized carbons (Fsp3) is 0.692. The minimum atomic E-state index is -0.322. The van der Waals surface area contributed by atoms with E-state index in [2.05, 4.69) is 19.2 Å². The van der Waals surface area contributed by atoms with E-state index in [9.17, 15) is 10.1 Å². The largest absolute Gasteiger partial charge is 0.324 e. The zero-order chi connectivity index (χ0) is 13.2. The molecule has 1 fully saturated rings. The molecule has 0 amide bonds. The van der Waals surface area contributed by atoms with Gasteiger partial charge >= 0.3 is 5.00 Å². The van der Waals surface area contributed by atoms with E-state index in [0.29, 0.717) is 11.5 Å². The van der Waals surface area contributed by atoms with Crippen LogP contribution in [0.4, 0.5) is 5.00 Å². The highest BCUT2D eigenvalue weighted by Gasteiger charge is 2.26. The molecule has 0 radical (unpaired) electrons. The minimum Gasteiger partial charge on any atom is -0.310 e. The summed E-state index contributed by atoms with van der Waals surface area (Å²) in [6.07, 6.45) is 4.93. The molecule has 1 aliphatic rings. The van der Waals surface area contributed by atoms with Gasteiger partial charge in [-0.3, -0.25) is 10.1 Å². The Bertz CT molecular complexity index is 418. The third kappa shape index (κ3) is 3.53. The molecule has 0 unspecified atom stereocenters. The summed E-state index contributed by atoms with van der Waals surface area (Å²) < 4.78 is 0. The summed E-state index contributed by atoms with van der Waals surface area (Å²) in [5, 5.41) is 16.2. The van der Waals surface area contributed by atoms with Crippen molar-refractivity contribution in [3.05, 3.63) is 27.1 Å². The van der Waals surface area contributed by atoms with Gasteiger partial charge in [-0.05, 0) is 36.7 Å². The summed E-state index contributed by atoms with van der Waals surface area (Å²) in [4.78, 5) is 10.3. The predicted octanol–water partition coefficient (Wildman–Crippen LogP) is 3.71.